The Morgan fingerprint density at radius 1 is 0.947 bits per heavy atom. The molecule has 0 saturated carbocycles. The van der Waals surface area contributed by atoms with Crippen molar-refractivity contribution in [3.8, 4) is 0 Å². The van der Waals surface area contributed by atoms with Gasteiger partial charge in [0.15, 0.2) is 5.88 Å². The molecular weight excluding hydrogens is 508 g/mol. The summed E-state index contributed by atoms with van der Waals surface area (Å²) in [4.78, 5) is 31.5. The van der Waals surface area contributed by atoms with Crippen LogP contribution in [0.1, 0.15) is 28.8 Å². The van der Waals surface area contributed by atoms with Crippen molar-refractivity contribution in [2.24, 2.45) is 0 Å². The number of piperazine rings is 1. The van der Waals surface area contributed by atoms with Crippen LogP contribution in [0.3, 0.4) is 0 Å². The van der Waals surface area contributed by atoms with Crippen LogP contribution in [0.15, 0.2) is 52.9 Å². The first-order chi connectivity index (χ1) is 18.3. The number of sulfonamides is 1. The molecule has 3 aliphatic heterocycles. The second-order valence-corrected chi connectivity index (χ2v) is 12.0. The van der Waals surface area contributed by atoms with Crippen molar-refractivity contribution >= 4 is 44.6 Å². The number of para-hydroxylation sites is 1. The van der Waals surface area contributed by atoms with Crippen molar-refractivity contribution in [2.45, 2.75) is 25.5 Å². The number of amides is 2. The number of fused-ring (bicyclic) bond motifs is 2. The second kappa shape index (κ2) is 9.63. The topological polar surface area (TPSA) is 104 Å². The number of carbonyl (C=O) groups is 2. The van der Waals surface area contributed by atoms with E-state index >= 15 is 0 Å². The van der Waals surface area contributed by atoms with E-state index in [1.54, 1.807) is 11.0 Å². The van der Waals surface area contributed by atoms with Crippen LogP contribution in [-0.2, 0) is 21.4 Å². The number of hydrogen-bond acceptors (Lipinski definition) is 7. The number of furan rings is 1. The first kappa shape index (κ1) is 24.7. The number of piperidine rings is 1. The molecule has 0 unspecified atom stereocenters. The monoisotopic (exact) mass is 538 g/mol. The van der Waals surface area contributed by atoms with E-state index in [1.165, 1.54) is 10.6 Å². The van der Waals surface area contributed by atoms with Gasteiger partial charge >= 0.3 is 6.09 Å². The molecule has 2 amide bonds. The first-order valence-electron chi connectivity index (χ1n) is 12.8. The van der Waals surface area contributed by atoms with Gasteiger partial charge in [-0.25, -0.2) is 13.2 Å². The van der Waals surface area contributed by atoms with Crippen LogP contribution >= 0.6 is 0 Å². The number of nitrogens with zero attached hydrogens (tertiary/aromatic N) is 4. The molecule has 0 aliphatic carbocycles. The summed E-state index contributed by atoms with van der Waals surface area (Å²) >= 11 is 0. The summed E-state index contributed by atoms with van der Waals surface area (Å²) in [5, 5.41) is 0.832. The van der Waals surface area contributed by atoms with Gasteiger partial charge in [-0.15, -0.1) is 0 Å². The SMILES string of the molecule is CS(=O)(=O)N1CCN(c2cc3cc(C(=O)N4CCC(N5C(=O)OCc6ccccc65)CC4)ccc3o2)CC1. The van der Waals surface area contributed by atoms with Gasteiger partial charge in [0.25, 0.3) is 5.91 Å². The van der Waals surface area contributed by atoms with Crippen LogP contribution in [0.5, 0.6) is 0 Å². The van der Waals surface area contributed by atoms with Gasteiger partial charge in [0.1, 0.15) is 12.2 Å². The maximum absolute atomic E-state index is 13.3. The fraction of sp³-hybridized carbons (Fsp3) is 0.407. The quantitative estimate of drug-likeness (QED) is 0.502. The van der Waals surface area contributed by atoms with Gasteiger partial charge < -0.3 is 19.0 Å². The van der Waals surface area contributed by atoms with Crippen molar-refractivity contribution in [3.63, 3.8) is 0 Å². The van der Waals surface area contributed by atoms with E-state index in [-0.39, 0.29) is 24.6 Å². The van der Waals surface area contributed by atoms with Gasteiger partial charge in [0.05, 0.1) is 11.9 Å². The van der Waals surface area contributed by atoms with E-state index in [9.17, 15) is 18.0 Å². The minimum atomic E-state index is -3.20. The standard InChI is InChI=1S/C27H30N4O6S/c1-38(34,35)30-14-12-28(13-15-30)25-17-21-16-19(6-7-24(21)37-25)26(32)29-10-8-22(9-11-29)31-23-5-3-2-4-20(23)18-36-27(31)33/h2-7,16-17,22H,8-15,18H2,1H3. The van der Waals surface area contributed by atoms with E-state index in [0.717, 1.165) is 16.6 Å². The summed E-state index contributed by atoms with van der Waals surface area (Å²) in [5.74, 6) is 0.628. The van der Waals surface area contributed by atoms with Crippen molar-refractivity contribution in [1.29, 1.82) is 0 Å². The lowest BCUT2D eigenvalue weighted by Crippen LogP contribution is -2.50. The molecule has 1 aromatic heterocycles. The van der Waals surface area contributed by atoms with Gasteiger partial charge in [-0.05, 0) is 37.1 Å². The Kier molecular flexibility index (Phi) is 6.27. The van der Waals surface area contributed by atoms with E-state index in [4.69, 9.17) is 9.15 Å². The molecule has 38 heavy (non-hydrogen) atoms. The number of hydrogen-bond donors (Lipinski definition) is 0. The molecule has 2 saturated heterocycles. The average Bonchev–Trinajstić information content (AvgIpc) is 3.36. The van der Waals surface area contributed by atoms with Crippen molar-refractivity contribution in [2.75, 3.05) is 55.3 Å². The number of likely N-dealkylation sites (tertiary alicyclic amines) is 1. The van der Waals surface area contributed by atoms with Crippen LogP contribution in [0.4, 0.5) is 16.4 Å². The van der Waals surface area contributed by atoms with E-state index < -0.39 is 10.0 Å². The molecule has 2 aromatic carbocycles. The Morgan fingerprint density at radius 3 is 2.42 bits per heavy atom. The van der Waals surface area contributed by atoms with Crippen LogP contribution < -0.4 is 9.80 Å². The smallest absolute Gasteiger partial charge is 0.414 e. The molecular formula is C27H30N4O6S. The highest BCUT2D eigenvalue weighted by Crippen LogP contribution is 2.33. The number of benzene rings is 2. The maximum Gasteiger partial charge on any atom is 0.414 e. The predicted octanol–water partition coefficient (Wildman–Crippen LogP) is 3.28. The zero-order valence-electron chi connectivity index (χ0n) is 21.2. The molecule has 2 fully saturated rings. The first-order valence-corrected chi connectivity index (χ1v) is 14.7. The fourth-order valence-electron chi connectivity index (χ4n) is 5.59. The molecule has 0 bridgehead atoms. The minimum absolute atomic E-state index is 0.0184. The lowest BCUT2D eigenvalue weighted by atomic mass is 10.00. The third-order valence-electron chi connectivity index (χ3n) is 7.69. The molecule has 6 rings (SSSR count). The van der Waals surface area contributed by atoms with Gasteiger partial charge in [0, 0.05) is 67.9 Å². The summed E-state index contributed by atoms with van der Waals surface area (Å²) in [7, 11) is -3.20. The highest BCUT2D eigenvalue weighted by Gasteiger charge is 2.35. The molecule has 3 aliphatic rings. The number of ether oxygens (including phenoxy) is 1. The molecule has 0 N–H and O–H groups in total. The zero-order valence-corrected chi connectivity index (χ0v) is 22.0. The van der Waals surface area contributed by atoms with E-state index in [2.05, 4.69) is 0 Å². The third-order valence-corrected chi connectivity index (χ3v) is 8.99. The van der Waals surface area contributed by atoms with E-state index in [0.29, 0.717) is 69.1 Å². The second-order valence-electron chi connectivity index (χ2n) is 10.1. The number of anilines is 2. The highest BCUT2D eigenvalue weighted by atomic mass is 32.2. The summed E-state index contributed by atoms with van der Waals surface area (Å²) < 4.78 is 36.4. The summed E-state index contributed by atoms with van der Waals surface area (Å²) in [5.41, 5.74) is 3.17. The zero-order chi connectivity index (χ0) is 26.4. The Hall–Kier alpha value is -3.57. The van der Waals surface area contributed by atoms with Crippen LogP contribution in [0.2, 0.25) is 0 Å². The molecule has 0 atom stereocenters. The molecule has 200 valence electrons. The van der Waals surface area contributed by atoms with Gasteiger partial charge in [-0.1, -0.05) is 18.2 Å². The molecule has 10 nitrogen and oxygen atoms in total. The molecule has 11 heteroatoms. The Morgan fingerprint density at radius 2 is 1.68 bits per heavy atom. The van der Waals surface area contributed by atoms with Crippen LogP contribution in [0.25, 0.3) is 11.0 Å². The van der Waals surface area contributed by atoms with Crippen molar-refractivity contribution in [1.82, 2.24) is 9.21 Å². The van der Waals surface area contributed by atoms with Gasteiger partial charge in [-0.2, -0.15) is 4.31 Å². The third kappa shape index (κ3) is 4.60. The average molecular weight is 539 g/mol. The number of carbonyl (C=O) groups excluding carboxylic acids is 2. The van der Waals surface area contributed by atoms with Crippen LogP contribution in [0, 0.1) is 0 Å². The van der Waals surface area contributed by atoms with Crippen molar-refractivity contribution < 1.29 is 27.2 Å². The Balaban J connectivity index is 1.12. The van der Waals surface area contributed by atoms with Crippen LogP contribution in [-0.4, -0.2) is 81.2 Å². The van der Waals surface area contributed by atoms with Crippen molar-refractivity contribution in [3.05, 3.63) is 59.7 Å². The Bertz CT molecular complexity index is 1490. The number of rotatable bonds is 4. The van der Waals surface area contributed by atoms with Gasteiger partial charge in [-0.3, -0.25) is 9.69 Å². The fourth-order valence-corrected chi connectivity index (χ4v) is 6.42. The van der Waals surface area contributed by atoms with E-state index in [1.807, 2.05) is 52.3 Å². The largest absolute Gasteiger partial charge is 0.444 e. The highest BCUT2D eigenvalue weighted by molar-refractivity contribution is 7.88. The molecule has 3 aromatic rings. The summed E-state index contributed by atoms with van der Waals surface area (Å²) in [6, 6.07) is 15.1. The number of cyclic esters (lactones) is 1. The lowest BCUT2D eigenvalue weighted by Gasteiger charge is -2.40. The Labute approximate surface area is 221 Å². The summed E-state index contributed by atoms with van der Waals surface area (Å²) in [6.45, 7) is 3.30. The molecule has 0 spiro atoms. The molecule has 0 radical (unpaired) electrons. The normalized spacial score (nSPS) is 19.5. The minimum Gasteiger partial charge on any atom is -0.444 e. The summed E-state index contributed by atoms with van der Waals surface area (Å²) in [6.07, 6.45) is 2.25. The lowest BCUT2D eigenvalue weighted by molar-refractivity contribution is 0.0708. The maximum atomic E-state index is 13.3. The predicted molar refractivity (Wildman–Crippen MR) is 143 cm³/mol. The van der Waals surface area contributed by atoms with Gasteiger partial charge in [0.2, 0.25) is 10.0 Å². The molecule has 4 heterocycles.